The smallest absolute Gasteiger partial charge is 0.379 e. The lowest BCUT2D eigenvalue weighted by Gasteiger charge is -2.43. The summed E-state index contributed by atoms with van der Waals surface area (Å²) in [6, 6.07) is 6.69. The number of hydrogen-bond donors (Lipinski definition) is 1. The van der Waals surface area contributed by atoms with E-state index in [-0.39, 0.29) is 17.1 Å². The van der Waals surface area contributed by atoms with Crippen LogP contribution in [0.3, 0.4) is 0 Å². The summed E-state index contributed by atoms with van der Waals surface area (Å²) in [6.07, 6.45) is 0.0768. The van der Waals surface area contributed by atoms with Crippen LogP contribution in [0.2, 0.25) is 5.02 Å². The number of nitrogens with zero attached hydrogens (tertiary/aromatic N) is 5. The fourth-order valence-electron chi connectivity index (χ4n) is 5.84. The zero-order valence-electron chi connectivity index (χ0n) is 23.4. The highest BCUT2D eigenvalue weighted by molar-refractivity contribution is 6.35. The van der Waals surface area contributed by atoms with Gasteiger partial charge in [0.25, 0.3) is 5.91 Å². The van der Waals surface area contributed by atoms with E-state index >= 15 is 0 Å². The second-order valence-corrected chi connectivity index (χ2v) is 11.2. The minimum atomic E-state index is -4.64. The minimum absolute atomic E-state index is 0.103. The number of ether oxygens (including phenoxy) is 3. The van der Waals surface area contributed by atoms with Crippen molar-refractivity contribution in [2.75, 3.05) is 64.1 Å². The number of benzene rings is 1. The quantitative estimate of drug-likeness (QED) is 0.434. The number of rotatable bonds is 6. The standard InChI is InChI=1S/C29H32ClF3N6O4/c30-21-3-4-22-20(2-5-24(37-22)39-8-6-28(7-9-39)42-12-1-13-43-28)25(21)26(40)34-18-23(38-10-14-41-15-11-38)19-16-35-27(36-17-19)29(31,32)33/h2-5,16-17,23H,1,6-15,18H2,(H,34,40). The molecule has 230 valence electrons. The second kappa shape index (κ2) is 12.5. The molecule has 1 N–H and O–H groups in total. The number of alkyl halides is 3. The third-order valence-electron chi connectivity index (χ3n) is 8.15. The van der Waals surface area contributed by atoms with Crippen molar-refractivity contribution in [1.29, 1.82) is 0 Å². The zero-order valence-corrected chi connectivity index (χ0v) is 24.2. The highest BCUT2D eigenvalue weighted by atomic mass is 35.5. The van der Waals surface area contributed by atoms with Crippen LogP contribution < -0.4 is 10.2 Å². The number of morpholine rings is 1. The monoisotopic (exact) mass is 620 g/mol. The van der Waals surface area contributed by atoms with Gasteiger partial charge in [-0.3, -0.25) is 9.69 Å². The van der Waals surface area contributed by atoms with Crippen molar-refractivity contribution in [2.45, 2.75) is 37.3 Å². The van der Waals surface area contributed by atoms with Crippen LogP contribution >= 0.6 is 11.6 Å². The van der Waals surface area contributed by atoms with Crippen LogP contribution in [0.4, 0.5) is 19.0 Å². The molecule has 0 saturated carbocycles. The van der Waals surface area contributed by atoms with E-state index < -0.39 is 29.7 Å². The van der Waals surface area contributed by atoms with Crippen molar-refractivity contribution in [3.05, 3.63) is 58.6 Å². The Balaban J connectivity index is 1.19. The van der Waals surface area contributed by atoms with Crippen molar-refractivity contribution in [3.8, 4) is 0 Å². The Labute approximate surface area is 251 Å². The molecule has 3 aromatic rings. The lowest BCUT2D eigenvalue weighted by Crippen LogP contribution is -2.50. The zero-order chi connectivity index (χ0) is 30.0. The van der Waals surface area contributed by atoms with Crippen molar-refractivity contribution >= 4 is 34.2 Å². The van der Waals surface area contributed by atoms with Crippen molar-refractivity contribution in [1.82, 2.24) is 25.2 Å². The van der Waals surface area contributed by atoms with E-state index in [1.165, 1.54) is 0 Å². The lowest BCUT2D eigenvalue weighted by molar-refractivity contribution is -0.275. The van der Waals surface area contributed by atoms with Gasteiger partial charge in [0.05, 0.1) is 48.6 Å². The van der Waals surface area contributed by atoms with Crippen LogP contribution in [0.1, 0.15) is 47.1 Å². The Morgan fingerprint density at radius 3 is 2.37 bits per heavy atom. The molecule has 1 amide bonds. The average molecular weight is 621 g/mol. The normalized spacial score (nSPS) is 20.3. The van der Waals surface area contributed by atoms with Crippen molar-refractivity contribution in [2.24, 2.45) is 0 Å². The molecule has 43 heavy (non-hydrogen) atoms. The molecule has 1 atom stereocenters. The van der Waals surface area contributed by atoms with E-state index in [2.05, 4.69) is 20.2 Å². The summed E-state index contributed by atoms with van der Waals surface area (Å²) in [7, 11) is 0. The molecule has 3 saturated heterocycles. The fraction of sp³-hybridized carbons (Fsp3) is 0.517. The summed E-state index contributed by atoms with van der Waals surface area (Å²) in [5.74, 6) is -1.34. The van der Waals surface area contributed by atoms with Gasteiger partial charge in [0.1, 0.15) is 5.82 Å². The largest absolute Gasteiger partial charge is 0.451 e. The third-order valence-corrected chi connectivity index (χ3v) is 8.47. The number of carbonyl (C=O) groups is 1. The molecule has 1 aromatic carbocycles. The predicted octanol–water partition coefficient (Wildman–Crippen LogP) is 4.23. The Morgan fingerprint density at radius 2 is 1.70 bits per heavy atom. The topological polar surface area (TPSA) is 102 Å². The molecule has 14 heteroatoms. The van der Waals surface area contributed by atoms with Gasteiger partial charge in [0, 0.05) is 68.9 Å². The summed E-state index contributed by atoms with van der Waals surface area (Å²) in [4.78, 5) is 29.6. The van der Waals surface area contributed by atoms with Gasteiger partial charge in [-0.15, -0.1) is 0 Å². The molecule has 5 heterocycles. The molecule has 2 aromatic heterocycles. The van der Waals surface area contributed by atoms with Crippen LogP contribution in [0, 0.1) is 0 Å². The Kier molecular flexibility index (Phi) is 8.70. The number of aromatic nitrogens is 3. The Bertz CT molecular complexity index is 1440. The van der Waals surface area contributed by atoms with Gasteiger partial charge in [-0.2, -0.15) is 13.2 Å². The number of nitrogens with one attached hydrogen (secondary N) is 1. The fourth-order valence-corrected chi connectivity index (χ4v) is 6.09. The maximum Gasteiger partial charge on any atom is 0.451 e. The van der Waals surface area contributed by atoms with Gasteiger partial charge < -0.3 is 24.4 Å². The number of fused-ring (bicyclic) bond motifs is 1. The molecular formula is C29H32ClF3N6O4. The van der Waals surface area contributed by atoms with Gasteiger partial charge in [-0.25, -0.2) is 15.0 Å². The first-order chi connectivity index (χ1) is 20.7. The maximum absolute atomic E-state index is 13.6. The molecule has 3 aliphatic heterocycles. The lowest BCUT2D eigenvalue weighted by atomic mass is 10.0. The number of piperidine rings is 1. The molecule has 0 radical (unpaired) electrons. The highest BCUT2D eigenvalue weighted by Crippen LogP contribution is 2.34. The number of halogens is 4. The van der Waals surface area contributed by atoms with E-state index in [9.17, 15) is 18.0 Å². The molecule has 0 aliphatic carbocycles. The molecule has 1 unspecified atom stereocenters. The van der Waals surface area contributed by atoms with E-state index in [1.807, 2.05) is 17.0 Å². The maximum atomic E-state index is 13.6. The van der Waals surface area contributed by atoms with Gasteiger partial charge in [-0.05, 0) is 30.7 Å². The molecule has 3 aliphatic rings. The summed E-state index contributed by atoms with van der Waals surface area (Å²) in [5, 5.41) is 3.80. The average Bonchev–Trinajstić information content (AvgIpc) is 3.02. The Hall–Kier alpha value is -3.10. The molecular weight excluding hydrogens is 589 g/mol. The van der Waals surface area contributed by atoms with Crippen LogP contribution in [0.5, 0.6) is 0 Å². The van der Waals surface area contributed by atoms with E-state index in [0.29, 0.717) is 56.0 Å². The van der Waals surface area contributed by atoms with Crippen molar-refractivity contribution in [3.63, 3.8) is 0 Å². The molecule has 10 nitrogen and oxygen atoms in total. The third kappa shape index (κ3) is 6.55. The number of pyridine rings is 1. The Morgan fingerprint density at radius 1 is 1.00 bits per heavy atom. The molecule has 3 fully saturated rings. The number of anilines is 1. The summed E-state index contributed by atoms with van der Waals surface area (Å²) >= 11 is 6.53. The summed E-state index contributed by atoms with van der Waals surface area (Å²) < 4.78 is 56.5. The van der Waals surface area contributed by atoms with Gasteiger partial charge in [-0.1, -0.05) is 11.6 Å². The summed E-state index contributed by atoms with van der Waals surface area (Å²) in [6.45, 7) is 5.01. The van der Waals surface area contributed by atoms with Gasteiger partial charge in [0.15, 0.2) is 5.79 Å². The highest BCUT2D eigenvalue weighted by Gasteiger charge is 2.39. The van der Waals surface area contributed by atoms with Gasteiger partial charge in [0.2, 0.25) is 5.82 Å². The molecule has 0 bridgehead atoms. The number of hydrogen-bond acceptors (Lipinski definition) is 9. The number of amides is 1. The second-order valence-electron chi connectivity index (χ2n) is 10.8. The predicted molar refractivity (Wildman–Crippen MR) is 152 cm³/mol. The van der Waals surface area contributed by atoms with E-state index in [4.69, 9.17) is 30.8 Å². The first-order valence-electron chi connectivity index (χ1n) is 14.3. The molecule has 6 rings (SSSR count). The minimum Gasteiger partial charge on any atom is -0.379 e. The number of carbonyl (C=O) groups excluding carboxylic acids is 1. The van der Waals surface area contributed by atoms with Crippen LogP contribution in [0.25, 0.3) is 10.9 Å². The first-order valence-corrected chi connectivity index (χ1v) is 14.7. The van der Waals surface area contributed by atoms with E-state index in [0.717, 1.165) is 50.6 Å². The van der Waals surface area contributed by atoms with E-state index in [1.54, 1.807) is 12.1 Å². The first kappa shape index (κ1) is 29.9. The SMILES string of the molecule is O=C(NCC(c1cnc(C(F)(F)F)nc1)N1CCOCC1)c1c(Cl)ccc2nc(N3CCC4(CC3)OCCCO4)ccc12. The van der Waals surface area contributed by atoms with Crippen LogP contribution in [-0.2, 0) is 20.4 Å². The van der Waals surface area contributed by atoms with Crippen LogP contribution in [-0.4, -0.2) is 90.7 Å². The summed E-state index contributed by atoms with van der Waals surface area (Å²) in [5.41, 5.74) is 1.36. The molecule has 1 spiro atoms. The van der Waals surface area contributed by atoms with Crippen LogP contribution in [0.15, 0.2) is 36.7 Å². The van der Waals surface area contributed by atoms with Crippen molar-refractivity contribution < 1.29 is 32.2 Å². The van der Waals surface area contributed by atoms with Gasteiger partial charge >= 0.3 is 6.18 Å².